The van der Waals surface area contributed by atoms with Crippen LogP contribution in [0.4, 0.5) is 0 Å². The minimum atomic E-state index is -1.15. The first-order chi connectivity index (χ1) is 13.1. The average Bonchev–Trinajstić information content (AvgIpc) is 3.22. The third kappa shape index (κ3) is 4.29. The lowest BCUT2D eigenvalue weighted by Crippen LogP contribution is -2.37. The number of cyclic esters (lactones) is 1. The number of nitrogens with one attached hydrogen (secondary N) is 1. The molecule has 1 aliphatic rings. The summed E-state index contributed by atoms with van der Waals surface area (Å²) < 4.78 is 10.8. The van der Waals surface area contributed by atoms with Crippen LogP contribution >= 0.6 is 11.8 Å². The first-order valence-corrected chi connectivity index (χ1v) is 10.5. The van der Waals surface area contributed by atoms with E-state index in [1.165, 1.54) is 11.8 Å². The van der Waals surface area contributed by atoms with Crippen LogP contribution in [0, 0.1) is 5.41 Å². The van der Waals surface area contributed by atoms with Crippen LogP contribution in [0.3, 0.4) is 0 Å². The molecule has 0 saturated carbocycles. The van der Waals surface area contributed by atoms with Gasteiger partial charge in [0.1, 0.15) is 6.10 Å². The van der Waals surface area contributed by atoms with Gasteiger partial charge < -0.3 is 14.5 Å². The number of benzene rings is 1. The van der Waals surface area contributed by atoms with Crippen molar-refractivity contribution < 1.29 is 19.1 Å². The van der Waals surface area contributed by atoms with Gasteiger partial charge in [-0.2, -0.15) is 0 Å². The Labute approximate surface area is 163 Å². The highest BCUT2D eigenvalue weighted by Crippen LogP contribution is 2.41. The Morgan fingerprint density at radius 2 is 2.19 bits per heavy atom. The van der Waals surface area contributed by atoms with Crippen LogP contribution < -0.4 is 0 Å². The number of fused-ring (bicyclic) bond motifs is 1. The predicted molar refractivity (Wildman–Crippen MR) is 105 cm³/mol. The molecule has 7 heteroatoms. The molecule has 146 valence electrons. The number of ether oxygens (including phenoxy) is 2. The van der Waals surface area contributed by atoms with Gasteiger partial charge in [-0.3, -0.25) is 9.59 Å². The van der Waals surface area contributed by atoms with Crippen molar-refractivity contribution in [2.45, 2.75) is 57.2 Å². The minimum absolute atomic E-state index is 0.264. The number of hydrogen-bond donors (Lipinski definition) is 1. The van der Waals surface area contributed by atoms with Gasteiger partial charge in [-0.15, -0.1) is 0 Å². The van der Waals surface area contributed by atoms with E-state index in [4.69, 9.17) is 9.47 Å². The number of esters is 2. The first kappa shape index (κ1) is 19.7. The SMILES string of the molecule is CCCCC[C@]1(C(=O)OCC)C[C@@H](CSc2nc3ccccc3[nH]2)OC1=O. The molecule has 3 rings (SSSR count). The normalized spacial score (nSPS) is 22.1. The Kier molecular flexibility index (Phi) is 6.42. The summed E-state index contributed by atoms with van der Waals surface area (Å²) >= 11 is 1.50. The van der Waals surface area contributed by atoms with Gasteiger partial charge in [0.25, 0.3) is 0 Å². The number of aromatic amines is 1. The van der Waals surface area contributed by atoms with Crippen LogP contribution in [-0.4, -0.2) is 40.4 Å². The second-order valence-corrected chi connectivity index (χ2v) is 7.87. The van der Waals surface area contributed by atoms with Gasteiger partial charge in [0, 0.05) is 12.2 Å². The Hall–Kier alpha value is -2.02. The van der Waals surface area contributed by atoms with Gasteiger partial charge in [0.2, 0.25) is 0 Å². The summed E-state index contributed by atoms with van der Waals surface area (Å²) in [7, 11) is 0. The molecular formula is C20H26N2O4S. The van der Waals surface area contributed by atoms with Crippen LogP contribution in [0.25, 0.3) is 11.0 Å². The number of imidazole rings is 1. The minimum Gasteiger partial charge on any atom is -0.465 e. The average molecular weight is 391 g/mol. The van der Waals surface area contributed by atoms with E-state index in [2.05, 4.69) is 16.9 Å². The number of rotatable bonds is 9. The quantitative estimate of drug-likeness (QED) is 0.300. The topological polar surface area (TPSA) is 81.3 Å². The summed E-state index contributed by atoms with van der Waals surface area (Å²) in [6, 6.07) is 7.82. The molecule has 0 aliphatic carbocycles. The largest absolute Gasteiger partial charge is 0.465 e. The fourth-order valence-electron chi connectivity index (χ4n) is 3.46. The van der Waals surface area contributed by atoms with Crippen molar-refractivity contribution in [1.29, 1.82) is 0 Å². The number of carbonyl (C=O) groups excluding carboxylic acids is 2. The van der Waals surface area contributed by atoms with E-state index in [0.717, 1.165) is 35.5 Å². The van der Waals surface area contributed by atoms with Crippen LogP contribution in [0.15, 0.2) is 29.4 Å². The van der Waals surface area contributed by atoms with E-state index in [0.29, 0.717) is 18.6 Å². The summed E-state index contributed by atoms with van der Waals surface area (Å²) in [5, 5.41) is 0.784. The molecule has 2 aromatic rings. The highest BCUT2D eigenvalue weighted by atomic mass is 32.2. The van der Waals surface area contributed by atoms with Crippen molar-refractivity contribution in [3.05, 3.63) is 24.3 Å². The predicted octanol–water partition coefficient (Wildman–Crippen LogP) is 4.10. The molecule has 0 amide bonds. The van der Waals surface area contributed by atoms with E-state index in [-0.39, 0.29) is 12.7 Å². The van der Waals surface area contributed by atoms with Crippen molar-refractivity contribution in [1.82, 2.24) is 9.97 Å². The number of aromatic nitrogens is 2. The number of para-hydroxylation sites is 2. The zero-order valence-corrected chi connectivity index (χ0v) is 16.6. The molecule has 1 saturated heterocycles. The number of H-pyrrole nitrogens is 1. The number of thioether (sulfide) groups is 1. The van der Waals surface area contributed by atoms with E-state index >= 15 is 0 Å². The molecule has 2 heterocycles. The molecule has 0 radical (unpaired) electrons. The fraction of sp³-hybridized carbons (Fsp3) is 0.550. The number of nitrogens with zero attached hydrogens (tertiary/aromatic N) is 1. The Morgan fingerprint density at radius 3 is 2.93 bits per heavy atom. The summed E-state index contributed by atoms with van der Waals surface area (Å²) in [5.41, 5.74) is 0.734. The molecule has 1 aliphatic heterocycles. The summed E-state index contributed by atoms with van der Waals surface area (Å²) in [6.07, 6.45) is 3.37. The van der Waals surface area contributed by atoms with E-state index in [1.807, 2.05) is 24.3 Å². The lowest BCUT2D eigenvalue weighted by Gasteiger charge is -2.22. The third-order valence-electron chi connectivity index (χ3n) is 4.89. The molecule has 1 N–H and O–H groups in total. The van der Waals surface area contributed by atoms with Gasteiger partial charge in [0.15, 0.2) is 10.6 Å². The van der Waals surface area contributed by atoms with Crippen LogP contribution in [0.2, 0.25) is 0 Å². The summed E-state index contributed by atoms with van der Waals surface area (Å²) in [6.45, 7) is 4.11. The number of hydrogen-bond acceptors (Lipinski definition) is 6. The second kappa shape index (κ2) is 8.78. The van der Waals surface area contributed by atoms with E-state index in [9.17, 15) is 9.59 Å². The smallest absolute Gasteiger partial charge is 0.323 e. The maximum absolute atomic E-state index is 12.6. The van der Waals surface area contributed by atoms with Crippen LogP contribution in [-0.2, 0) is 19.1 Å². The van der Waals surface area contributed by atoms with Crippen molar-refractivity contribution in [2.75, 3.05) is 12.4 Å². The zero-order chi connectivity index (χ0) is 19.3. The highest BCUT2D eigenvalue weighted by molar-refractivity contribution is 7.99. The van der Waals surface area contributed by atoms with Crippen molar-refractivity contribution in [2.24, 2.45) is 5.41 Å². The molecule has 27 heavy (non-hydrogen) atoms. The Balaban J connectivity index is 1.66. The highest BCUT2D eigenvalue weighted by Gasteiger charge is 2.55. The fourth-order valence-corrected chi connectivity index (χ4v) is 4.33. The van der Waals surface area contributed by atoms with Crippen molar-refractivity contribution in [3.8, 4) is 0 Å². The van der Waals surface area contributed by atoms with Crippen molar-refractivity contribution in [3.63, 3.8) is 0 Å². The monoisotopic (exact) mass is 390 g/mol. The second-order valence-electron chi connectivity index (χ2n) is 6.86. The maximum Gasteiger partial charge on any atom is 0.323 e. The van der Waals surface area contributed by atoms with Crippen LogP contribution in [0.5, 0.6) is 0 Å². The molecule has 6 nitrogen and oxygen atoms in total. The number of unbranched alkanes of at least 4 members (excludes halogenated alkanes) is 2. The molecule has 0 unspecified atom stereocenters. The lowest BCUT2D eigenvalue weighted by molar-refractivity contribution is -0.165. The van der Waals surface area contributed by atoms with Gasteiger partial charge in [-0.05, 0) is 25.5 Å². The molecular weight excluding hydrogens is 364 g/mol. The number of carbonyl (C=O) groups is 2. The van der Waals surface area contributed by atoms with Gasteiger partial charge in [-0.25, -0.2) is 4.98 Å². The Bertz CT molecular complexity index is 773. The zero-order valence-electron chi connectivity index (χ0n) is 15.8. The van der Waals surface area contributed by atoms with Crippen molar-refractivity contribution >= 4 is 34.7 Å². The summed E-state index contributed by atoms with van der Waals surface area (Å²) in [5.74, 6) is -0.324. The molecule has 0 spiro atoms. The standard InChI is InChI=1S/C20H26N2O4S/c1-3-5-8-11-20(17(23)25-4-2)12-14(26-18(20)24)13-27-19-21-15-9-6-7-10-16(15)22-19/h6-7,9-10,14H,3-5,8,11-13H2,1-2H3,(H,21,22)/t14-,20+/m0/s1. The maximum atomic E-state index is 12.6. The first-order valence-electron chi connectivity index (χ1n) is 9.55. The lowest BCUT2D eigenvalue weighted by atomic mass is 9.80. The molecule has 2 atom stereocenters. The van der Waals surface area contributed by atoms with E-state index in [1.54, 1.807) is 6.92 Å². The molecule has 1 fully saturated rings. The molecule has 1 aromatic carbocycles. The Morgan fingerprint density at radius 1 is 1.37 bits per heavy atom. The third-order valence-corrected chi connectivity index (χ3v) is 5.89. The molecule has 0 bridgehead atoms. The van der Waals surface area contributed by atoms with Gasteiger partial charge in [0.05, 0.1) is 17.6 Å². The summed E-state index contributed by atoms with van der Waals surface area (Å²) in [4.78, 5) is 33.0. The van der Waals surface area contributed by atoms with Gasteiger partial charge >= 0.3 is 11.9 Å². The van der Waals surface area contributed by atoms with Gasteiger partial charge in [-0.1, -0.05) is 50.1 Å². The van der Waals surface area contributed by atoms with E-state index < -0.39 is 17.4 Å². The molecule has 1 aromatic heterocycles. The van der Waals surface area contributed by atoms with Crippen LogP contribution in [0.1, 0.15) is 46.0 Å².